The molecule has 3 unspecified atom stereocenters. The van der Waals surface area contributed by atoms with Gasteiger partial charge in [-0.3, -0.25) is 4.79 Å². The molecule has 0 saturated heterocycles. The third-order valence-corrected chi connectivity index (χ3v) is 3.18. The number of amides is 1. The zero-order valence-corrected chi connectivity index (χ0v) is 11.0. The standard InChI is InChI=1S/C12H22N2O3/c1-8-5-10(8)6-14(3)7-11(12(16)17-4)13-9(2)15/h8,10-11H,5-7H2,1-4H3,(H,13,15). The summed E-state index contributed by atoms with van der Waals surface area (Å²) in [5, 5.41) is 2.61. The van der Waals surface area contributed by atoms with E-state index < -0.39 is 12.0 Å². The minimum absolute atomic E-state index is 0.214. The number of carbonyl (C=O) groups excluding carboxylic acids is 2. The van der Waals surface area contributed by atoms with Crippen molar-refractivity contribution in [3.63, 3.8) is 0 Å². The smallest absolute Gasteiger partial charge is 0.329 e. The quantitative estimate of drug-likeness (QED) is 0.678. The van der Waals surface area contributed by atoms with E-state index in [2.05, 4.69) is 21.9 Å². The van der Waals surface area contributed by atoms with Gasteiger partial charge in [-0.05, 0) is 25.3 Å². The molecule has 1 amide bonds. The van der Waals surface area contributed by atoms with E-state index in [4.69, 9.17) is 0 Å². The lowest BCUT2D eigenvalue weighted by atomic mass is 10.2. The maximum atomic E-state index is 11.5. The first-order chi connectivity index (χ1) is 7.93. The van der Waals surface area contributed by atoms with Gasteiger partial charge in [0.05, 0.1) is 7.11 Å². The number of esters is 1. The van der Waals surface area contributed by atoms with Crippen LogP contribution in [-0.2, 0) is 14.3 Å². The third-order valence-electron chi connectivity index (χ3n) is 3.18. The highest BCUT2D eigenvalue weighted by Gasteiger charge is 2.34. The highest BCUT2D eigenvalue weighted by molar-refractivity contribution is 5.83. The molecule has 1 N–H and O–H groups in total. The number of carbonyl (C=O) groups is 2. The minimum atomic E-state index is -0.573. The zero-order chi connectivity index (χ0) is 13.0. The Bertz CT molecular complexity index is 293. The summed E-state index contributed by atoms with van der Waals surface area (Å²) in [6, 6.07) is -0.573. The highest BCUT2D eigenvalue weighted by Crippen LogP contribution is 2.37. The van der Waals surface area contributed by atoms with Crippen LogP contribution in [0.3, 0.4) is 0 Å². The zero-order valence-electron chi connectivity index (χ0n) is 11.0. The number of ether oxygens (including phenoxy) is 1. The second-order valence-corrected chi connectivity index (χ2v) is 4.97. The van der Waals surface area contributed by atoms with Crippen molar-refractivity contribution in [2.45, 2.75) is 26.3 Å². The van der Waals surface area contributed by atoms with Crippen molar-refractivity contribution in [1.82, 2.24) is 10.2 Å². The summed E-state index contributed by atoms with van der Waals surface area (Å²) in [4.78, 5) is 24.6. The van der Waals surface area contributed by atoms with Gasteiger partial charge in [0.1, 0.15) is 6.04 Å². The molecule has 0 spiro atoms. The molecule has 1 aliphatic carbocycles. The fraction of sp³-hybridized carbons (Fsp3) is 0.833. The van der Waals surface area contributed by atoms with Gasteiger partial charge in [-0.25, -0.2) is 4.79 Å². The van der Waals surface area contributed by atoms with Crippen molar-refractivity contribution >= 4 is 11.9 Å². The predicted molar refractivity (Wildman–Crippen MR) is 64.4 cm³/mol. The van der Waals surface area contributed by atoms with E-state index >= 15 is 0 Å². The molecule has 5 nitrogen and oxygen atoms in total. The number of likely N-dealkylation sites (N-methyl/N-ethyl adjacent to an activating group) is 1. The maximum absolute atomic E-state index is 11.5. The average Bonchev–Trinajstić information content (AvgIpc) is 2.91. The van der Waals surface area contributed by atoms with Crippen molar-refractivity contribution in [3.8, 4) is 0 Å². The Morgan fingerprint density at radius 3 is 2.53 bits per heavy atom. The van der Waals surface area contributed by atoms with Gasteiger partial charge < -0.3 is 15.0 Å². The Labute approximate surface area is 102 Å². The van der Waals surface area contributed by atoms with Crippen molar-refractivity contribution in [2.24, 2.45) is 11.8 Å². The van der Waals surface area contributed by atoms with Crippen LogP contribution in [0, 0.1) is 11.8 Å². The van der Waals surface area contributed by atoms with Gasteiger partial charge in [0.2, 0.25) is 5.91 Å². The molecule has 3 atom stereocenters. The SMILES string of the molecule is COC(=O)C(CN(C)CC1CC1C)NC(C)=O. The summed E-state index contributed by atoms with van der Waals surface area (Å²) in [7, 11) is 3.29. The van der Waals surface area contributed by atoms with Gasteiger partial charge in [0.15, 0.2) is 0 Å². The molecule has 0 radical (unpaired) electrons. The first-order valence-corrected chi connectivity index (χ1v) is 5.97. The summed E-state index contributed by atoms with van der Waals surface area (Å²) < 4.78 is 4.68. The molecule has 98 valence electrons. The van der Waals surface area contributed by atoms with Gasteiger partial charge in [0.25, 0.3) is 0 Å². The van der Waals surface area contributed by atoms with Crippen molar-refractivity contribution < 1.29 is 14.3 Å². The van der Waals surface area contributed by atoms with Crippen LogP contribution in [0.5, 0.6) is 0 Å². The number of methoxy groups -OCH3 is 1. The summed E-state index contributed by atoms with van der Waals surface area (Å²) >= 11 is 0. The highest BCUT2D eigenvalue weighted by atomic mass is 16.5. The van der Waals surface area contributed by atoms with Crippen LogP contribution in [0.1, 0.15) is 20.3 Å². The molecule has 17 heavy (non-hydrogen) atoms. The third kappa shape index (κ3) is 4.73. The van der Waals surface area contributed by atoms with Crippen LogP contribution in [0.25, 0.3) is 0 Å². The van der Waals surface area contributed by atoms with Gasteiger partial charge in [-0.2, -0.15) is 0 Å². The van der Waals surface area contributed by atoms with E-state index in [1.807, 2.05) is 7.05 Å². The molecule has 0 aromatic heterocycles. The lowest BCUT2D eigenvalue weighted by Gasteiger charge is -2.22. The average molecular weight is 242 g/mol. The summed E-state index contributed by atoms with van der Waals surface area (Å²) in [6.45, 7) is 5.09. The molecule has 1 aliphatic rings. The largest absolute Gasteiger partial charge is 0.467 e. The van der Waals surface area contributed by atoms with Crippen LogP contribution in [0.2, 0.25) is 0 Å². The molecule has 0 aromatic carbocycles. The van der Waals surface area contributed by atoms with E-state index in [0.717, 1.165) is 18.4 Å². The fourth-order valence-electron chi connectivity index (χ4n) is 2.01. The molecule has 5 heteroatoms. The summed E-state index contributed by atoms with van der Waals surface area (Å²) in [5.41, 5.74) is 0. The van der Waals surface area contributed by atoms with Gasteiger partial charge >= 0.3 is 5.97 Å². The maximum Gasteiger partial charge on any atom is 0.329 e. The van der Waals surface area contributed by atoms with Crippen molar-refractivity contribution in [2.75, 3.05) is 27.2 Å². The van der Waals surface area contributed by atoms with Crippen LogP contribution in [-0.4, -0.2) is 50.1 Å². The molecule has 0 heterocycles. The number of hydrogen-bond donors (Lipinski definition) is 1. The van der Waals surface area contributed by atoms with Gasteiger partial charge in [0, 0.05) is 20.0 Å². The van der Waals surface area contributed by atoms with E-state index in [9.17, 15) is 9.59 Å². The van der Waals surface area contributed by atoms with Gasteiger partial charge in [-0.1, -0.05) is 6.92 Å². The lowest BCUT2D eigenvalue weighted by Crippen LogP contribution is -2.47. The predicted octanol–water partition coefficient (Wildman–Crippen LogP) is 0.252. The van der Waals surface area contributed by atoms with Crippen LogP contribution >= 0.6 is 0 Å². The monoisotopic (exact) mass is 242 g/mol. The Morgan fingerprint density at radius 2 is 2.12 bits per heavy atom. The topological polar surface area (TPSA) is 58.6 Å². The van der Waals surface area contributed by atoms with Crippen molar-refractivity contribution in [3.05, 3.63) is 0 Å². The first kappa shape index (κ1) is 14.0. The lowest BCUT2D eigenvalue weighted by molar-refractivity contribution is -0.145. The molecular weight excluding hydrogens is 220 g/mol. The number of nitrogens with one attached hydrogen (secondary N) is 1. The number of nitrogens with zero attached hydrogens (tertiary/aromatic N) is 1. The molecule has 1 rings (SSSR count). The Hall–Kier alpha value is -1.10. The molecule has 0 aromatic rings. The van der Waals surface area contributed by atoms with E-state index in [-0.39, 0.29) is 5.91 Å². The second kappa shape index (κ2) is 6.00. The molecule has 0 bridgehead atoms. The van der Waals surface area contributed by atoms with E-state index in [1.165, 1.54) is 20.5 Å². The number of hydrogen-bond acceptors (Lipinski definition) is 4. The molecular formula is C12H22N2O3. The summed E-state index contributed by atoms with van der Waals surface area (Å²) in [5.74, 6) is 0.912. The Balaban J connectivity index is 2.40. The molecule has 0 aliphatic heterocycles. The van der Waals surface area contributed by atoms with E-state index in [1.54, 1.807) is 0 Å². The fourth-order valence-corrected chi connectivity index (χ4v) is 2.01. The second-order valence-electron chi connectivity index (χ2n) is 4.97. The molecule has 1 saturated carbocycles. The van der Waals surface area contributed by atoms with Gasteiger partial charge in [-0.15, -0.1) is 0 Å². The van der Waals surface area contributed by atoms with Crippen LogP contribution in [0.15, 0.2) is 0 Å². The van der Waals surface area contributed by atoms with Crippen LogP contribution < -0.4 is 5.32 Å². The summed E-state index contributed by atoms with van der Waals surface area (Å²) in [6.07, 6.45) is 1.26. The molecule has 1 fully saturated rings. The minimum Gasteiger partial charge on any atom is -0.467 e. The van der Waals surface area contributed by atoms with Crippen LogP contribution in [0.4, 0.5) is 0 Å². The van der Waals surface area contributed by atoms with Crippen molar-refractivity contribution in [1.29, 1.82) is 0 Å². The number of rotatable bonds is 6. The first-order valence-electron chi connectivity index (χ1n) is 5.97. The Kier molecular flexibility index (Phi) is 4.93. The normalized spacial score (nSPS) is 24.3. The Morgan fingerprint density at radius 1 is 1.53 bits per heavy atom. The van der Waals surface area contributed by atoms with E-state index in [0.29, 0.717) is 6.54 Å².